The van der Waals surface area contributed by atoms with Crippen molar-refractivity contribution in [1.29, 1.82) is 0 Å². The summed E-state index contributed by atoms with van der Waals surface area (Å²) in [4.78, 5) is 7.57. The third-order valence-corrected chi connectivity index (χ3v) is 5.51. The molecule has 3 atom stereocenters. The van der Waals surface area contributed by atoms with Crippen molar-refractivity contribution in [1.82, 2.24) is 5.32 Å². The van der Waals surface area contributed by atoms with Gasteiger partial charge in [-0.2, -0.15) is 0 Å². The molecule has 2 rings (SSSR count). The second-order valence-corrected chi connectivity index (χ2v) is 7.61. The fourth-order valence-electron chi connectivity index (χ4n) is 1.94. The van der Waals surface area contributed by atoms with E-state index in [1.54, 1.807) is 0 Å². The van der Waals surface area contributed by atoms with Crippen LogP contribution >= 0.6 is 23.1 Å². The number of nitrogens with zero attached hydrogens (tertiary/aromatic N) is 1. The molecule has 0 saturated carbocycles. The molecule has 0 bridgehead atoms. The van der Waals surface area contributed by atoms with Crippen molar-refractivity contribution in [2.75, 3.05) is 5.75 Å². The van der Waals surface area contributed by atoms with Crippen LogP contribution in [0.3, 0.4) is 0 Å². The molecule has 2 heterocycles. The Morgan fingerprint density at radius 1 is 1.44 bits per heavy atom. The first-order valence-electron chi connectivity index (χ1n) is 6.57. The first-order chi connectivity index (χ1) is 8.54. The van der Waals surface area contributed by atoms with Crippen LogP contribution in [0.15, 0.2) is 17.1 Å². The van der Waals surface area contributed by atoms with Crippen molar-refractivity contribution in [3.8, 4) is 0 Å². The molecule has 1 N–H and O–H groups in total. The van der Waals surface area contributed by atoms with Gasteiger partial charge in [-0.1, -0.05) is 18.7 Å². The Morgan fingerprint density at radius 3 is 2.83 bits per heavy atom. The maximum Gasteiger partial charge on any atom is 0.157 e. The third kappa shape index (κ3) is 3.75. The molecule has 0 amide bonds. The van der Waals surface area contributed by atoms with Gasteiger partial charge in [0.1, 0.15) is 0 Å². The minimum Gasteiger partial charge on any atom is -0.362 e. The van der Waals surface area contributed by atoms with Gasteiger partial charge in [-0.15, -0.1) is 11.3 Å². The number of amidine groups is 1. The lowest BCUT2D eigenvalue weighted by molar-refractivity contribution is 0.531. The van der Waals surface area contributed by atoms with Gasteiger partial charge in [0.25, 0.3) is 0 Å². The molecule has 1 aromatic heterocycles. The zero-order chi connectivity index (χ0) is 13.1. The van der Waals surface area contributed by atoms with E-state index in [2.05, 4.69) is 45.1 Å². The zero-order valence-corrected chi connectivity index (χ0v) is 13.2. The van der Waals surface area contributed by atoms with Crippen LogP contribution in [0.5, 0.6) is 0 Å². The van der Waals surface area contributed by atoms with Gasteiger partial charge in [0.2, 0.25) is 0 Å². The number of rotatable bonds is 3. The van der Waals surface area contributed by atoms with Crippen molar-refractivity contribution in [2.24, 2.45) is 10.9 Å². The average Bonchev–Trinajstić information content (AvgIpc) is 2.69. The topological polar surface area (TPSA) is 24.4 Å². The minimum absolute atomic E-state index is 0.449. The average molecular weight is 282 g/mol. The summed E-state index contributed by atoms with van der Waals surface area (Å²) in [6.45, 7) is 8.88. The minimum atomic E-state index is 0.449. The SMILES string of the molecule is Cc1ccc(CC(C)NC2=NC(C)C(C)CS2)s1. The second-order valence-electron chi connectivity index (χ2n) is 5.23. The molecule has 0 spiro atoms. The Balaban J connectivity index is 1.88. The molecule has 4 heteroatoms. The second kappa shape index (κ2) is 6.11. The van der Waals surface area contributed by atoms with E-state index < -0.39 is 0 Å². The van der Waals surface area contributed by atoms with E-state index in [4.69, 9.17) is 4.99 Å². The van der Waals surface area contributed by atoms with Crippen LogP contribution in [0.4, 0.5) is 0 Å². The summed E-state index contributed by atoms with van der Waals surface area (Å²) in [6.07, 6.45) is 1.09. The Morgan fingerprint density at radius 2 is 2.22 bits per heavy atom. The van der Waals surface area contributed by atoms with Gasteiger partial charge in [0, 0.05) is 28.0 Å². The highest BCUT2D eigenvalue weighted by atomic mass is 32.2. The van der Waals surface area contributed by atoms with E-state index in [0.29, 0.717) is 18.0 Å². The summed E-state index contributed by atoms with van der Waals surface area (Å²) in [7, 11) is 0. The summed E-state index contributed by atoms with van der Waals surface area (Å²) in [5.74, 6) is 1.87. The van der Waals surface area contributed by atoms with E-state index in [0.717, 1.165) is 11.6 Å². The number of thiophene rings is 1. The van der Waals surface area contributed by atoms with Crippen LogP contribution in [0, 0.1) is 12.8 Å². The summed E-state index contributed by atoms with van der Waals surface area (Å²) in [5, 5.41) is 4.67. The van der Waals surface area contributed by atoms with Crippen LogP contribution in [-0.2, 0) is 6.42 Å². The van der Waals surface area contributed by atoms with Crippen LogP contribution < -0.4 is 5.32 Å². The van der Waals surface area contributed by atoms with Crippen molar-refractivity contribution >= 4 is 28.3 Å². The fraction of sp³-hybridized carbons (Fsp3) is 0.643. The van der Waals surface area contributed by atoms with Crippen molar-refractivity contribution < 1.29 is 0 Å². The van der Waals surface area contributed by atoms with E-state index in [9.17, 15) is 0 Å². The van der Waals surface area contributed by atoms with Crippen LogP contribution in [0.1, 0.15) is 30.5 Å². The summed E-state index contributed by atoms with van der Waals surface area (Å²) in [6, 6.07) is 5.34. The molecule has 18 heavy (non-hydrogen) atoms. The van der Waals surface area contributed by atoms with Gasteiger partial charge in [-0.25, -0.2) is 0 Å². The molecular formula is C14H22N2S2. The lowest BCUT2D eigenvalue weighted by Crippen LogP contribution is -2.36. The number of hydrogen-bond donors (Lipinski definition) is 1. The number of nitrogens with one attached hydrogen (secondary N) is 1. The molecule has 1 aliphatic rings. The molecule has 0 fully saturated rings. The first kappa shape index (κ1) is 13.9. The highest BCUT2D eigenvalue weighted by Gasteiger charge is 2.20. The molecule has 0 aromatic carbocycles. The number of aryl methyl sites for hydroxylation is 1. The molecule has 0 radical (unpaired) electrons. The van der Waals surface area contributed by atoms with Gasteiger partial charge in [0.15, 0.2) is 5.17 Å². The molecule has 0 saturated heterocycles. The first-order valence-corrected chi connectivity index (χ1v) is 8.37. The predicted molar refractivity (Wildman–Crippen MR) is 83.9 cm³/mol. The van der Waals surface area contributed by atoms with E-state index in [1.807, 2.05) is 23.1 Å². The van der Waals surface area contributed by atoms with Gasteiger partial charge in [-0.3, -0.25) is 4.99 Å². The normalized spacial score (nSPS) is 25.7. The standard InChI is InChI=1S/C14H22N2S2/c1-9-8-17-14(16-12(9)4)15-10(2)7-13-6-5-11(3)18-13/h5-6,9-10,12H,7-8H2,1-4H3,(H,15,16). The number of hydrogen-bond acceptors (Lipinski definition) is 4. The molecule has 0 aliphatic carbocycles. The summed E-state index contributed by atoms with van der Waals surface area (Å²) >= 11 is 3.75. The summed E-state index contributed by atoms with van der Waals surface area (Å²) < 4.78 is 0. The highest BCUT2D eigenvalue weighted by molar-refractivity contribution is 8.13. The van der Waals surface area contributed by atoms with Crippen molar-refractivity contribution in [3.63, 3.8) is 0 Å². The van der Waals surface area contributed by atoms with Gasteiger partial charge in [0.05, 0.1) is 6.04 Å². The van der Waals surface area contributed by atoms with Gasteiger partial charge in [-0.05, 0) is 38.8 Å². The molecule has 3 unspecified atom stereocenters. The molecule has 1 aliphatic heterocycles. The quantitative estimate of drug-likeness (QED) is 0.914. The Bertz CT molecular complexity index is 425. The molecule has 2 nitrogen and oxygen atoms in total. The number of aliphatic imine (C=N–C) groups is 1. The van der Waals surface area contributed by atoms with Crippen LogP contribution in [0.25, 0.3) is 0 Å². The Hall–Kier alpha value is -0.480. The maximum absolute atomic E-state index is 4.72. The van der Waals surface area contributed by atoms with Crippen LogP contribution in [-0.4, -0.2) is 23.0 Å². The highest BCUT2D eigenvalue weighted by Crippen LogP contribution is 2.22. The van der Waals surface area contributed by atoms with E-state index in [-0.39, 0.29) is 0 Å². The van der Waals surface area contributed by atoms with Gasteiger partial charge >= 0.3 is 0 Å². The third-order valence-electron chi connectivity index (χ3n) is 3.30. The molecular weight excluding hydrogens is 260 g/mol. The van der Waals surface area contributed by atoms with E-state index >= 15 is 0 Å². The van der Waals surface area contributed by atoms with E-state index in [1.165, 1.54) is 15.5 Å². The fourth-order valence-corrected chi connectivity index (χ4v) is 4.18. The smallest absolute Gasteiger partial charge is 0.157 e. The summed E-state index contributed by atoms with van der Waals surface area (Å²) in [5.41, 5.74) is 0. The largest absolute Gasteiger partial charge is 0.362 e. The monoisotopic (exact) mass is 282 g/mol. The number of thioether (sulfide) groups is 1. The zero-order valence-electron chi connectivity index (χ0n) is 11.6. The van der Waals surface area contributed by atoms with Crippen LogP contribution in [0.2, 0.25) is 0 Å². The van der Waals surface area contributed by atoms with Crippen molar-refractivity contribution in [3.05, 3.63) is 21.9 Å². The lowest BCUT2D eigenvalue weighted by Gasteiger charge is -2.25. The maximum atomic E-state index is 4.72. The van der Waals surface area contributed by atoms with Gasteiger partial charge < -0.3 is 5.32 Å². The Labute approximate surface area is 118 Å². The lowest BCUT2D eigenvalue weighted by atomic mass is 10.1. The Kier molecular flexibility index (Phi) is 4.73. The predicted octanol–water partition coefficient (Wildman–Crippen LogP) is 3.70. The molecule has 100 valence electrons. The molecule has 1 aromatic rings. The van der Waals surface area contributed by atoms with Crippen molar-refractivity contribution in [2.45, 2.75) is 46.2 Å².